The molecule has 0 spiro atoms. The Morgan fingerprint density at radius 3 is 2.65 bits per heavy atom. The molecule has 0 fully saturated rings. The lowest BCUT2D eigenvalue weighted by molar-refractivity contribution is 0.288. The fourth-order valence-corrected chi connectivity index (χ4v) is 2.60. The van der Waals surface area contributed by atoms with E-state index in [9.17, 15) is 0 Å². The normalized spacial score (nSPS) is 10.1. The molecule has 2 aromatic rings. The van der Waals surface area contributed by atoms with E-state index in [0.717, 1.165) is 27.8 Å². The number of benzene rings is 1. The molecule has 104 valence electrons. The van der Waals surface area contributed by atoms with Crippen LogP contribution in [0.1, 0.15) is 19.5 Å². The molecule has 0 saturated carbocycles. The summed E-state index contributed by atoms with van der Waals surface area (Å²) >= 11 is 1.53. The van der Waals surface area contributed by atoms with Gasteiger partial charge < -0.3 is 9.47 Å². The standard InChI is InChI=1S/C15H16N2O2S/c1-3-18-13-6-5-11(9-14(13)19-4-2)15-17-12(7-8-16)10-20-15/h5-6,9-10H,3-4,7H2,1-2H3. The minimum absolute atomic E-state index is 0.339. The van der Waals surface area contributed by atoms with Gasteiger partial charge in [0, 0.05) is 10.9 Å². The third-order valence-electron chi connectivity index (χ3n) is 2.60. The van der Waals surface area contributed by atoms with Crippen molar-refractivity contribution < 1.29 is 9.47 Å². The maximum absolute atomic E-state index is 8.69. The van der Waals surface area contributed by atoms with Gasteiger partial charge in [0.1, 0.15) is 5.01 Å². The van der Waals surface area contributed by atoms with Crippen LogP contribution in [-0.2, 0) is 6.42 Å². The number of hydrogen-bond donors (Lipinski definition) is 0. The van der Waals surface area contributed by atoms with Crippen LogP contribution >= 0.6 is 11.3 Å². The van der Waals surface area contributed by atoms with Gasteiger partial charge in [-0.2, -0.15) is 5.26 Å². The topological polar surface area (TPSA) is 55.1 Å². The van der Waals surface area contributed by atoms with Gasteiger partial charge in [0.2, 0.25) is 0 Å². The first kappa shape index (κ1) is 14.4. The quantitative estimate of drug-likeness (QED) is 0.813. The van der Waals surface area contributed by atoms with Crippen LogP contribution in [0.5, 0.6) is 11.5 Å². The Bertz CT molecular complexity index is 617. The highest BCUT2D eigenvalue weighted by molar-refractivity contribution is 7.13. The first-order valence-corrected chi connectivity index (χ1v) is 7.37. The van der Waals surface area contributed by atoms with Gasteiger partial charge in [-0.15, -0.1) is 11.3 Å². The zero-order valence-electron chi connectivity index (χ0n) is 11.5. The molecule has 5 heteroatoms. The van der Waals surface area contributed by atoms with Crippen LogP contribution in [0.4, 0.5) is 0 Å². The molecule has 0 radical (unpaired) electrons. The van der Waals surface area contributed by atoms with Gasteiger partial charge in [0.15, 0.2) is 11.5 Å². The highest BCUT2D eigenvalue weighted by Crippen LogP contribution is 2.34. The number of rotatable bonds is 6. The number of hydrogen-bond acceptors (Lipinski definition) is 5. The van der Waals surface area contributed by atoms with Gasteiger partial charge in [-0.05, 0) is 32.0 Å². The summed E-state index contributed by atoms with van der Waals surface area (Å²) in [5.74, 6) is 1.47. The van der Waals surface area contributed by atoms with E-state index in [4.69, 9.17) is 14.7 Å². The van der Waals surface area contributed by atoms with Crippen molar-refractivity contribution in [1.29, 1.82) is 5.26 Å². The van der Waals surface area contributed by atoms with Crippen molar-refractivity contribution >= 4 is 11.3 Å². The van der Waals surface area contributed by atoms with Gasteiger partial charge in [-0.3, -0.25) is 0 Å². The largest absolute Gasteiger partial charge is 0.490 e. The summed E-state index contributed by atoms with van der Waals surface area (Å²) in [7, 11) is 0. The van der Waals surface area contributed by atoms with Crippen LogP contribution in [0.3, 0.4) is 0 Å². The van der Waals surface area contributed by atoms with Crippen LogP contribution in [-0.4, -0.2) is 18.2 Å². The summed E-state index contributed by atoms with van der Waals surface area (Å²) < 4.78 is 11.1. The maximum Gasteiger partial charge on any atom is 0.161 e. The van der Waals surface area contributed by atoms with Crippen LogP contribution in [0.15, 0.2) is 23.6 Å². The van der Waals surface area contributed by atoms with E-state index < -0.39 is 0 Å². The lowest BCUT2D eigenvalue weighted by Crippen LogP contribution is -1.98. The van der Waals surface area contributed by atoms with Crippen LogP contribution in [0.2, 0.25) is 0 Å². The zero-order valence-corrected chi connectivity index (χ0v) is 12.4. The lowest BCUT2D eigenvalue weighted by Gasteiger charge is -2.11. The summed E-state index contributed by atoms with van der Waals surface area (Å²) in [6, 6.07) is 7.90. The molecule has 0 unspecified atom stereocenters. The first-order chi connectivity index (χ1) is 9.78. The van der Waals surface area contributed by atoms with Crippen molar-refractivity contribution in [2.24, 2.45) is 0 Å². The third kappa shape index (κ3) is 3.28. The fourth-order valence-electron chi connectivity index (χ4n) is 1.79. The molecule has 0 amide bonds. The smallest absolute Gasteiger partial charge is 0.161 e. The Morgan fingerprint density at radius 1 is 1.20 bits per heavy atom. The van der Waals surface area contributed by atoms with Crippen LogP contribution < -0.4 is 9.47 Å². The van der Waals surface area contributed by atoms with Crippen molar-refractivity contribution in [3.8, 4) is 28.1 Å². The Morgan fingerprint density at radius 2 is 1.95 bits per heavy atom. The average molecular weight is 288 g/mol. The van der Waals surface area contributed by atoms with E-state index in [-0.39, 0.29) is 0 Å². The van der Waals surface area contributed by atoms with Crippen molar-refractivity contribution in [2.45, 2.75) is 20.3 Å². The van der Waals surface area contributed by atoms with Crippen molar-refractivity contribution in [2.75, 3.05) is 13.2 Å². The predicted molar refractivity (Wildman–Crippen MR) is 79.2 cm³/mol. The minimum Gasteiger partial charge on any atom is -0.490 e. The van der Waals surface area contributed by atoms with Crippen molar-refractivity contribution in [1.82, 2.24) is 4.98 Å². The van der Waals surface area contributed by atoms with Crippen LogP contribution in [0.25, 0.3) is 10.6 Å². The van der Waals surface area contributed by atoms with Gasteiger partial charge >= 0.3 is 0 Å². The Labute approximate surface area is 122 Å². The van der Waals surface area contributed by atoms with E-state index in [1.807, 2.05) is 37.4 Å². The lowest BCUT2D eigenvalue weighted by atomic mass is 10.2. The molecule has 0 saturated heterocycles. The second-order valence-electron chi connectivity index (χ2n) is 4.01. The highest BCUT2D eigenvalue weighted by Gasteiger charge is 2.10. The Kier molecular flexibility index (Phi) is 4.97. The molecule has 1 heterocycles. The number of ether oxygens (including phenoxy) is 2. The highest BCUT2D eigenvalue weighted by atomic mass is 32.1. The monoisotopic (exact) mass is 288 g/mol. The number of thiazole rings is 1. The molecule has 0 N–H and O–H groups in total. The SMILES string of the molecule is CCOc1ccc(-c2nc(CC#N)cs2)cc1OCC. The second-order valence-corrected chi connectivity index (χ2v) is 4.86. The average Bonchev–Trinajstić information content (AvgIpc) is 2.90. The Balaban J connectivity index is 2.31. The van der Waals surface area contributed by atoms with Gasteiger partial charge in [-0.1, -0.05) is 0 Å². The van der Waals surface area contributed by atoms with E-state index >= 15 is 0 Å². The molecule has 1 aromatic carbocycles. The van der Waals surface area contributed by atoms with Crippen molar-refractivity contribution in [3.63, 3.8) is 0 Å². The first-order valence-electron chi connectivity index (χ1n) is 6.49. The van der Waals surface area contributed by atoms with Gasteiger partial charge in [0.05, 0.1) is 31.4 Å². The molecule has 4 nitrogen and oxygen atoms in total. The summed E-state index contributed by atoms with van der Waals surface area (Å²) in [6.07, 6.45) is 0.339. The predicted octanol–water partition coefficient (Wildman–Crippen LogP) is 3.67. The number of nitrogens with zero attached hydrogens (tertiary/aromatic N) is 2. The van der Waals surface area contributed by atoms with Gasteiger partial charge in [0.25, 0.3) is 0 Å². The van der Waals surface area contributed by atoms with Crippen LogP contribution in [0, 0.1) is 11.3 Å². The molecule has 20 heavy (non-hydrogen) atoms. The number of nitriles is 1. The summed E-state index contributed by atoms with van der Waals surface area (Å²) in [5, 5.41) is 11.5. The zero-order chi connectivity index (χ0) is 14.4. The molecule has 2 rings (SSSR count). The minimum atomic E-state index is 0.339. The van der Waals surface area contributed by atoms with E-state index in [1.165, 1.54) is 11.3 Å². The van der Waals surface area contributed by atoms with E-state index in [1.54, 1.807) is 0 Å². The molecule has 1 aromatic heterocycles. The summed E-state index contributed by atoms with van der Waals surface area (Å²) in [6.45, 7) is 5.07. The number of aromatic nitrogens is 1. The Hall–Kier alpha value is -2.06. The molecule has 0 aliphatic rings. The van der Waals surface area contributed by atoms with Crippen molar-refractivity contribution in [3.05, 3.63) is 29.3 Å². The third-order valence-corrected chi connectivity index (χ3v) is 3.54. The van der Waals surface area contributed by atoms with Gasteiger partial charge in [-0.25, -0.2) is 4.98 Å². The maximum atomic E-state index is 8.69. The molecule has 0 aliphatic carbocycles. The second kappa shape index (κ2) is 6.92. The van der Waals surface area contributed by atoms with E-state index in [0.29, 0.717) is 19.6 Å². The fraction of sp³-hybridized carbons (Fsp3) is 0.333. The molecule has 0 bridgehead atoms. The summed E-state index contributed by atoms with van der Waals surface area (Å²) in [5.41, 5.74) is 1.78. The molecular formula is C15H16N2O2S. The molecule has 0 atom stereocenters. The molecule has 0 aliphatic heterocycles. The van der Waals surface area contributed by atoms with E-state index in [2.05, 4.69) is 11.1 Å². The summed E-state index contributed by atoms with van der Waals surface area (Å²) in [4.78, 5) is 4.45. The molecular weight excluding hydrogens is 272 g/mol.